The number of sulfonamides is 1. The van der Waals surface area contributed by atoms with Gasteiger partial charge in [-0.25, -0.2) is 13.1 Å². The summed E-state index contributed by atoms with van der Waals surface area (Å²) in [7, 11) is -3.52. The summed E-state index contributed by atoms with van der Waals surface area (Å²) in [6.45, 7) is 3.80. The summed E-state index contributed by atoms with van der Waals surface area (Å²) in [6, 6.07) is 7.29. The lowest BCUT2D eigenvalue weighted by atomic mass is 10.1. The van der Waals surface area contributed by atoms with E-state index in [4.69, 9.17) is 4.52 Å². The zero-order valence-electron chi connectivity index (χ0n) is 13.5. The Balaban J connectivity index is 1.98. The third-order valence-electron chi connectivity index (χ3n) is 4.33. The second-order valence-corrected chi connectivity index (χ2v) is 7.79. The van der Waals surface area contributed by atoms with Crippen molar-refractivity contribution in [1.29, 1.82) is 0 Å². The van der Waals surface area contributed by atoms with Gasteiger partial charge < -0.3 is 4.52 Å². The molecule has 23 heavy (non-hydrogen) atoms. The molecule has 1 aliphatic carbocycles. The molecule has 0 unspecified atom stereocenters. The highest BCUT2D eigenvalue weighted by Crippen LogP contribution is 2.27. The predicted octanol–water partition coefficient (Wildman–Crippen LogP) is 3.43. The summed E-state index contributed by atoms with van der Waals surface area (Å²) >= 11 is 0. The van der Waals surface area contributed by atoms with E-state index in [1.54, 1.807) is 6.07 Å². The second-order valence-electron chi connectivity index (χ2n) is 6.11. The molecule has 1 N–H and O–H groups in total. The molecule has 6 heteroatoms. The first-order valence-electron chi connectivity index (χ1n) is 8.08. The molecule has 0 radical (unpaired) electrons. The number of benzene rings is 1. The van der Waals surface area contributed by atoms with E-state index in [-0.39, 0.29) is 6.04 Å². The number of nitrogens with one attached hydrogen (secondary N) is 1. The number of aryl methyl sites for hydroxylation is 2. The van der Waals surface area contributed by atoms with E-state index in [1.807, 2.05) is 32.0 Å². The first kappa shape index (κ1) is 16.2. The van der Waals surface area contributed by atoms with Crippen molar-refractivity contribution < 1.29 is 12.9 Å². The molecule has 1 aliphatic rings. The van der Waals surface area contributed by atoms with Crippen LogP contribution in [0.3, 0.4) is 0 Å². The Labute approximate surface area is 137 Å². The lowest BCUT2D eigenvalue weighted by Gasteiger charge is -2.15. The van der Waals surface area contributed by atoms with Crippen LogP contribution in [0.2, 0.25) is 0 Å². The van der Waals surface area contributed by atoms with Crippen molar-refractivity contribution in [1.82, 2.24) is 9.88 Å². The minimum atomic E-state index is -3.52. The highest BCUT2D eigenvalue weighted by molar-refractivity contribution is 7.89. The van der Waals surface area contributed by atoms with E-state index in [0.717, 1.165) is 42.5 Å². The number of nitrogens with zero attached hydrogens (tertiary/aromatic N) is 1. The second kappa shape index (κ2) is 6.45. The van der Waals surface area contributed by atoms with Gasteiger partial charge in [0.25, 0.3) is 0 Å². The first-order valence-corrected chi connectivity index (χ1v) is 9.57. The molecule has 0 amide bonds. The summed E-state index contributed by atoms with van der Waals surface area (Å²) in [5.74, 6) is 0.586. The number of aromatic nitrogens is 1. The molecule has 1 aromatic carbocycles. The monoisotopic (exact) mass is 334 g/mol. The fourth-order valence-electron chi connectivity index (χ4n) is 3.08. The van der Waals surface area contributed by atoms with Crippen molar-refractivity contribution in [3.8, 4) is 11.3 Å². The number of rotatable bonds is 5. The summed E-state index contributed by atoms with van der Waals surface area (Å²) in [5, 5.41) is 3.87. The normalized spacial score (nSPS) is 16.1. The summed E-state index contributed by atoms with van der Waals surface area (Å²) in [6.07, 6.45) is 4.68. The molecule has 1 fully saturated rings. The lowest BCUT2D eigenvalue weighted by Crippen LogP contribution is -2.33. The van der Waals surface area contributed by atoms with Gasteiger partial charge >= 0.3 is 0 Å². The molecule has 3 rings (SSSR count). The largest absolute Gasteiger partial charge is 0.356 e. The van der Waals surface area contributed by atoms with Crippen LogP contribution < -0.4 is 4.72 Å². The average Bonchev–Trinajstić information content (AvgIpc) is 3.18. The van der Waals surface area contributed by atoms with Crippen molar-refractivity contribution in [2.45, 2.75) is 56.9 Å². The van der Waals surface area contributed by atoms with Crippen molar-refractivity contribution in [2.24, 2.45) is 0 Å². The van der Waals surface area contributed by atoms with Crippen LogP contribution in [0.15, 0.2) is 33.7 Å². The van der Waals surface area contributed by atoms with E-state index in [1.165, 1.54) is 0 Å². The highest BCUT2D eigenvalue weighted by Gasteiger charge is 2.25. The van der Waals surface area contributed by atoms with E-state index >= 15 is 0 Å². The van der Waals surface area contributed by atoms with E-state index in [0.29, 0.717) is 17.1 Å². The molecule has 124 valence electrons. The van der Waals surface area contributed by atoms with Gasteiger partial charge in [-0.2, -0.15) is 0 Å². The minimum absolute atomic E-state index is 0.0564. The van der Waals surface area contributed by atoms with E-state index < -0.39 is 10.0 Å². The van der Waals surface area contributed by atoms with Gasteiger partial charge in [0.05, 0.1) is 10.6 Å². The Bertz CT molecular complexity index is 790. The van der Waals surface area contributed by atoms with Gasteiger partial charge in [0, 0.05) is 17.7 Å². The predicted molar refractivity (Wildman–Crippen MR) is 88.6 cm³/mol. The first-order chi connectivity index (χ1) is 11.0. The van der Waals surface area contributed by atoms with Gasteiger partial charge in [-0.3, -0.25) is 0 Å². The third kappa shape index (κ3) is 3.48. The number of hydrogen-bond acceptors (Lipinski definition) is 4. The van der Waals surface area contributed by atoms with Crippen molar-refractivity contribution >= 4 is 10.0 Å². The zero-order chi connectivity index (χ0) is 16.4. The number of hydrogen-bond donors (Lipinski definition) is 1. The minimum Gasteiger partial charge on any atom is -0.356 e. The Morgan fingerprint density at radius 3 is 2.61 bits per heavy atom. The smallest absolute Gasteiger partial charge is 0.241 e. The Hall–Kier alpha value is -1.66. The molecule has 0 spiro atoms. The standard InChI is InChI=1S/C17H22N2O3S/c1-3-13-8-9-14(16-10-12(2)18-22-16)11-17(13)23(20,21)19-15-6-4-5-7-15/h8-11,15,19H,3-7H2,1-2H3. The summed E-state index contributed by atoms with van der Waals surface area (Å²) in [5.41, 5.74) is 2.32. The molecule has 1 aromatic heterocycles. The summed E-state index contributed by atoms with van der Waals surface area (Å²) in [4.78, 5) is 0.346. The van der Waals surface area contributed by atoms with Gasteiger partial charge in [-0.15, -0.1) is 0 Å². The molecule has 2 aromatic rings. The van der Waals surface area contributed by atoms with Crippen LogP contribution >= 0.6 is 0 Å². The Kier molecular flexibility index (Phi) is 4.55. The van der Waals surface area contributed by atoms with Crippen LogP contribution in [-0.2, 0) is 16.4 Å². The van der Waals surface area contributed by atoms with Crippen LogP contribution in [-0.4, -0.2) is 19.6 Å². The lowest BCUT2D eigenvalue weighted by molar-refractivity contribution is 0.427. The van der Waals surface area contributed by atoms with Crippen molar-refractivity contribution in [2.75, 3.05) is 0 Å². The van der Waals surface area contributed by atoms with E-state index in [2.05, 4.69) is 9.88 Å². The molecule has 0 atom stereocenters. The van der Waals surface area contributed by atoms with Gasteiger partial charge in [0.15, 0.2) is 5.76 Å². The maximum Gasteiger partial charge on any atom is 0.241 e. The highest BCUT2D eigenvalue weighted by atomic mass is 32.2. The van der Waals surface area contributed by atoms with Crippen LogP contribution in [0.25, 0.3) is 11.3 Å². The maximum atomic E-state index is 12.8. The molecule has 1 heterocycles. The van der Waals surface area contributed by atoms with Gasteiger partial charge in [-0.1, -0.05) is 37.1 Å². The zero-order valence-corrected chi connectivity index (χ0v) is 14.3. The summed E-state index contributed by atoms with van der Waals surface area (Å²) < 4.78 is 33.7. The van der Waals surface area contributed by atoms with Gasteiger partial charge in [0.2, 0.25) is 10.0 Å². The Morgan fingerprint density at radius 1 is 1.26 bits per heavy atom. The molecule has 0 aliphatic heterocycles. The molecular weight excluding hydrogens is 312 g/mol. The fourth-order valence-corrected chi connectivity index (χ4v) is 4.72. The molecule has 0 bridgehead atoms. The SMILES string of the molecule is CCc1ccc(-c2cc(C)no2)cc1S(=O)(=O)NC1CCCC1. The van der Waals surface area contributed by atoms with Gasteiger partial charge in [-0.05, 0) is 37.8 Å². The van der Waals surface area contributed by atoms with Crippen LogP contribution in [0, 0.1) is 6.92 Å². The van der Waals surface area contributed by atoms with Gasteiger partial charge in [0.1, 0.15) is 0 Å². The molecule has 0 saturated heterocycles. The topological polar surface area (TPSA) is 72.2 Å². The van der Waals surface area contributed by atoms with E-state index in [9.17, 15) is 8.42 Å². The quantitative estimate of drug-likeness (QED) is 0.909. The van der Waals surface area contributed by atoms with Crippen LogP contribution in [0.5, 0.6) is 0 Å². The third-order valence-corrected chi connectivity index (χ3v) is 5.93. The average molecular weight is 334 g/mol. The van der Waals surface area contributed by atoms with Crippen LogP contribution in [0.4, 0.5) is 0 Å². The van der Waals surface area contributed by atoms with Crippen LogP contribution in [0.1, 0.15) is 43.9 Å². The maximum absolute atomic E-state index is 12.8. The fraction of sp³-hybridized carbons (Fsp3) is 0.471. The molecule has 1 saturated carbocycles. The van der Waals surface area contributed by atoms with Crippen molar-refractivity contribution in [3.63, 3.8) is 0 Å². The van der Waals surface area contributed by atoms with Crippen molar-refractivity contribution in [3.05, 3.63) is 35.5 Å². The Morgan fingerprint density at radius 2 is 2.00 bits per heavy atom. The molecule has 5 nitrogen and oxygen atoms in total. The molecular formula is C17H22N2O3S.